The standard InChI is InChI=1S/C12H9F3O2S2/c1-7-11(19(16)17)6-10(18-7)8-2-4-9(5-3-8)12(13,14)15/h2-6,19H,1H3. The van der Waals surface area contributed by atoms with Crippen LogP contribution in [0.4, 0.5) is 13.2 Å². The monoisotopic (exact) mass is 306 g/mol. The van der Waals surface area contributed by atoms with Crippen molar-refractivity contribution in [1.29, 1.82) is 0 Å². The lowest BCUT2D eigenvalue weighted by Crippen LogP contribution is -2.03. The first-order valence-electron chi connectivity index (χ1n) is 5.21. The van der Waals surface area contributed by atoms with E-state index < -0.39 is 22.4 Å². The molecule has 2 rings (SSSR count). The fourth-order valence-corrected chi connectivity index (χ4v) is 3.48. The molecule has 19 heavy (non-hydrogen) atoms. The van der Waals surface area contributed by atoms with Gasteiger partial charge in [0.05, 0.1) is 10.5 Å². The van der Waals surface area contributed by atoms with Gasteiger partial charge in [0.1, 0.15) is 0 Å². The Labute approximate surface area is 113 Å². The molecule has 0 fully saturated rings. The first-order valence-corrected chi connectivity index (χ1v) is 7.21. The van der Waals surface area contributed by atoms with E-state index >= 15 is 0 Å². The van der Waals surface area contributed by atoms with Crippen LogP contribution >= 0.6 is 11.3 Å². The third kappa shape index (κ3) is 2.98. The van der Waals surface area contributed by atoms with Gasteiger partial charge >= 0.3 is 6.18 Å². The maximum Gasteiger partial charge on any atom is 0.416 e. The molecular formula is C12H9F3O2S2. The second kappa shape index (κ2) is 4.97. The molecule has 0 spiro atoms. The van der Waals surface area contributed by atoms with Gasteiger partial charge in [-0.3, -0.25) is 0 Å². The Kier molecular flexibility index (Phi) is 3.69. The summed E-state index contributed by atoms with van der Waals surface area (Å²) in [5.41, 5.74) is -0.149. The minimum absolute atomic E-state index is 0.217. The van der Waals surface area contributed by atoms with Gasteiger partial charge in [0, 0.05) is 9.75 Å². The summed E-state index contributed by atoms with van der Waals surface area (Å²) < 4.78 is 59.1. The molecule has 0 aliphatic heterocycles. The van der Waals surface area contributed by atoms with E-state index in [-0.39, 0.29) is 4.90 Å². The van der Waals surface area contributed by atoms with Gasteiger partial charge in [-0.25, -0.2) is 8.42 Å². The molecule has 0 bridgehead atoms. The average Bonchev–Trinajstić information content (AvgIpc) is 2.70. The number of thiol groups is 1. The van der Waals surface area contributed by atoms with Crippen LogP contribution in [0.2, 0.25) is 0 Å². The van der Waals surface area contributed by atoms with Gasteiger partial charge in [-0.05, 0) is 30.7 Å². The van der Waals surface area contributed by atoms with Crippen LogP contribution in [0.1, 0.15) is 10.4 Å². The molecule has 2 aromatic rings. The number of thiophene rings is 1. The first-order chi connectivity index (χ1) is 8.79. The Morgan fingerprint density at radius 1 is 1.11 bits per heavy atom. The molecule has 0 aliphatic carbocycles. The molecule has 0 saturated carbocycles. The minimum atomic E-state index is -4.37. The molecule has 1 heterocycles. The van der Waals surface area contributed by atoms with Crippen LogP contribution in [0.25, 0.3) is 10.4 Å². The molecule has 0 radical (unpaired) electrons. The number of alkyl halides is 3. The van der Waals surface area contributed by atoms with E-state index in [1.54, 1.807) is 6.92 Å². The minimum Gasteiger partial charge on any atom is -0.227 e. The number of hydrogen-bond donors (Lipinski definition) is 1. The van der Waals surface area contributed by atoms with E-state index in [1.807, 2.05) is 0 Å². The maximum absolute atomic E-state index is 12.4. The van der Waals surface area contributed by atoms with Crippen molar-refractivity contribution in [1.82, 2.24) is 0 Å². The lowest BCUT2D eigenvalue weighted by atomic mass is 10.1. The highest BCUT2D eigenvalue weighted by atomic mass is 32.2. The highest BCUT2D eigenvalue weighted by Gasteiger charge is 2.30. The third-order valence-corrected chi connectivity index (χ3v) is 4.69. The lowest BCUT2D eigenvalue weighted by molar-refractivity contribution is -0.137. The summed E-state index contributed by atoms with van der Waals surface area (Å²) >= 11 is 1.24. The third-order valence-electron chi connectivity index (χ3n) is 2.59. The van der Waals surface area contributed by atoms with E-state index in [0.29, 0.717) is 15.3 Å². The summed E-state index contributed by atoms with van der Waals surface area (Å²) in [5.74, 6) is 0. The molecule has 0 unspecified atom stereocenters. The summed E-state index contributed by atoms with van der Waals surface area (Å²) in [7, 11) is -2.68. The molecular weight excluding hydrogens is 297 g/mol. The predicted molar refractivity (Wildman–Crippen MR) is 68.1 cm³/mol. The van der Waals surface area contributed by atoms with E-state index in [9.17, 15) is 21.6 Å². The van der Waals surface area contributed by atoms with Gasteiger partial charge in [-0.15, -0.1) is 11.3 Å². The highest BCUT2D eigenvalue weighted by Crippen LogP contribution is 2.34. The van der Waals surface area contributed by atoms with Crippen molar-refractivity contribution in [3.05, 3.63) is 40.8 Å². The number of aryl methyl sites for hydroxylation is 1. The Bertz CT molecular complexity index is 659. The van der Waals surface area contributed by atoms with Crippen molar-refractivity contribution in [2.24, 2.45) is 0 Å². The molecule has 0 aliphatic rings. The number of hydrogen-bond acceptors (Lipinski definition) is 3. The van der Waals surface area contributed by atoms with Gasteiger partial charge in [-0.2, -0.15) is 13.2 Å². The normalized spacial score (nSPS) is 12.1. The molecule has 7 heteroatoms. The van der Waals surface area contributed by atoms with Crippen LogP contribution in [0.3, 0.4) is 0 Å². The zero-order chi connectivity index (χ0) is 14.2. The maximum atomic E-state index is 12.4. The number of rotatable bonds is 2. The van der Waals surface area contributed by atoms with Gasteiger partial charge < -0.3 is 0 Å². The Morgan fingerprint density at radius 2 is 1.68 bits per heavy atom. The van der Waals surface area contributed by atoms with Crippen molar-refractivity contribution < 1.29 is 21.6 Å². The fraction of sp³-hybridized carbons (Fsp3) is 0.167. The molecule has 0 amide bonds. The zero-order valence-corrected chi connectivity index (χ0v) is 11.4. The molecule has 0 atom stereocenters. The predicted octanol–water partition coefficient (Wildman–Crippen LogP) is 3.71. The highest BCUT2D eigenvalue weighted by molar-refractivity contribution is 7.72. The molecule has 1 aromatic heterocycles. The van der Waals surface area contributed by atoms with Gasteiger partial charge in [0.2, 0.25) is 0 Å². The topological polar surface area (TPSA) is 34.1 Å². The van der Waals surface area contributed by atoms with Crippen LogP contribution in [0, 0.1) is 6.92 Å². The molecule has 0 N–H and O–H groups in total. The van der Waals surface area contributed by atoms with Gasteiger partial charge in [-0.1, -0.05) is 12.1 Å². The summed E-state index contributed by atoms with van der Waals surface area (Å²) in [5, 5.41) is 0. The Morgan fingerprint density at radius 3 is 2.11 bits per heavy atom. The largest absolute Gasteiger partial charge is 0.416 e. The van der Waals surface area contributed by atoms with Crippen LogP contribution in [-0.2, 0) is 16.9 Å². The summed E-state index contributed by atoms with van der Waals surface area (Å²) in [6.07, 6.45) is -4.37. The quantitative estimate of drug-likeness (QED) is 0.858. The van der Waals surface area contributed by atoms with Crippen LogP contribution < -0.4 is 0 Å². The van der Waals surface area contributed by atoms with Crippen LogP contribution in [0.15, 0.2) is 35.2 Å². The molecule has 0 saturated heterocycles. The van der Waals surface area contributed by atoms with E-state index in [0.717, 1.165) is 12.1 Å². The van der Waals surface area contributed by atoms with Crippen molar-refractivity contribution in [3.8, 4) is 10.4 Å². The summed E-state index contributed by atoms with van der Waals surface area (Å²) in [4.78, 5) is 1.49. The zero-order valence-electron chi connectivity index (χ0n) is 9.69. The smallest absolute Gasteiger partial charge is 0.227 e. The van der Waals surface area contributed by atoms with E-state index in [4.69, 9.17) is 0 Å². The number of benzene rings is 1. The van der Waals surface area contributed by atoms with Crippen LogP contribution in [0.5, 0.6) is 0 Å². The molecule has 102 valence electrons. The SMILES string of the molecule is Cc1sc(-c2ccc(C(F)(F)F)cc2)cc1[SH](=O)=O. The average molecular weight is 306 g/mol. The fourth-order valence-electron chi connectivity index (χ4n) is 1.62. The van der Waals surface area contributed by atoms with Gasteiger partial charge in [0.15, 0.2) is 10.7 Å². The van der Waals surface area contributed by atoms with Crippen molar-refractivity contribution in [3.63, 3.8) is 0 Å². The van der Waals surface area contributed by atoms with Crippen LogP contribution in [-0.4, -0.2) is 8.42 Å². The van der Waals surface area contributed by atoms with Crippen molar-refractivity contribution in [2.75, 3.05) is 0 Å². The van der Waals surface area contributed by atoms with Gasteiger partial charge in [0.25, 0.3) is 0 Å². The Hall–Kier alpha value is -1.34. The summed E-state index contributed by atoms with van der Waals surface area (Å²) in [6.45, 7) is 1.67. The molecule has 1 aromatic carbocycles. The second-order valence-corrected chi connectivity index (χ2v) is 6.14. The first kappa shape index (κ1) is 14.1. The Balaban J connectivity index is 2.40. The summed E-state index contributed by atoms with van der Waals surface area (Å²) in [6, 6.07) is 6.14. The van der Waals surface area contributed by atoms with E-state index in [2.05, 4.69) is 0 Å². The van der Waals surface area contributed by atoms with Crippen molar-refractivity contribution in [2.45, 2.75) is 18.0 Å². The van der Waals surface area contributed by atoms with E-state index in [1.165, 1.54) is 29.5 Å². The number of halogens is 3. The molecule has 2 nitrogen and oxygen atoms in total. The second-order valence-electron chi connectivity index (χ2n) is 3.88. The lowest BCUT2D eigenvalue weighted by Gasteiger charge is -2.06. The van der Waals surface area contributed by atoms with Crippen molar-refractivity contribution >= 4 is 22.0 Å².